The molecule has 0 spiro atoms. The van der Waals surface area contributed by atoms with E-state index < -0.39 is 0 Å². The largest absolute Gasteiger partial charge is 0.462 e. The average Bonchev–Trinajstić information content (AvgIpc) is 3.04. The van der Waals surface area contributed by atoms with Gasteiger partial charge in [0, 0.05) is 11.0 Å². The summed E-state index contributed by atoms with van der Waals surface area (Å²) in [5.74, 6) is 0.0655. The zero-order valence-corrected chi connectivity index (χ0v) is 17.5. The molecule has 0 fully saturated rings. The second-order valence-electron chi connectivity index (χ2n) is 7.18. The Bertz CT molecular complexity index is 880. The minimum absolute atomic E-state index is 0.239. The lowest BCUT2D eigenvalue weighted by atomic mass is 9.85. The number of carbonyl (C=O) groups is 2. The molecule has 0 bridgehead atoms. The van der Waals surface area contributed by atoms with Crippen molar-refractivity contribution in [3.05, 3.63) is 57.5 Å². The van der Waals surface area contributed by atoms with Crippen LogP contribution in [-0.2, 0) is 22.4 Å². The Hall–Kier alpha value is -2.40. The third-order valence-electron chi connectivity index (χ3n) is 5.17. The van der Waals surface area contributed by atoms with Gasteiger partial charge in [-0.2, -0.15) is 0 Å². The van der Waals surface area contributed by atoms with E-state index in [0.29, 0.717) is 23.1 Å². The van der Waals surface area contributed by atoms with E-state index in [0.717, 1.165) is 36.8 Å². The predicted molar refractivity (Wildman–Crippen MR) is 115 cm³/mol. The number of hydrogen-bond donors (Lipinski definition) is 1. The molecule has 1 N–H and O–H groups in total. The summed E-state index contributed by atoms with van der Waals surface area (Å²) < 4.78 is 5.27. The molecule has 1 atom stereocenters. The van der Waals surface area contributed by atoms with Crippen molar-refractivity contribution in [2.24, 2.45) is 5.92 Å². The number of carbonyl (C=O) groups excluding carboxylic acids is 2. The van der Waals surface area contributed by atoms with Gasteiger partial charge in [-0.3, -0.25) is 4.79 Å². The molecule has 1 amide bonds. The molecule has 2 aromatic rings. The second-order valence-corrected chi connectivity index (χ2v) is 8.28. The van der Waals surface area contributed by atoms with Crippen LogP contribution in [0.2, 0.25) is 0 Å². The van der Waals surface area contributed by atoms with Gasteiger partial charge in [0.05, 0.1) is 12.2 Å². The number of ether oxygens (including phenoxy) is 1. The van der Waals surface area contributed by atoms with Crippen LogP contribution >= 0.6 is 11.3 Å². The number of hydrogen-bond acceptors (Lipinski definition) is 4. The van der Waals surface area contributed by atoms with Gasteiger partial charge in [0.15, 0.2) is 0 Å². The molecule has 1 aliphatic rings. The zero-order valence-electron chi connectivity index (χ0n) is 16.7. The van der Waals surface area contributed by atoms with Gasteiger partial charge in [0.25, 0.3) is 0 Å². The van der Waals surface area contributed by atoms with Crippen LogP contribution in [0.4, 0.5) is 5.00 Å². The number of rotatable bonds is 6. The number of esters is 1. The van der Waals surface area contributed by atoms with E-state index in [4.69, 9.17) is 4.74 Å². The van der Waals surface area contributed by atoms with Crippen LogP contribution in [0, 0.1) is 12.8 Å². The molecular weight excluding hydrogens is 370 g/mol. The Morgan fingerprint density at radius 3 is 2.68 bits per heavy atom. The molecule has 0 unspecified atom stereocenters. The van der Waals surface area contributed by atoms with Crippen molar-refractivity contribution in [2.45, 2.75) is 46.5 Å². The quantitative estimate of drug-likeness (QED) is 0.524. The Balaban J connectivity index is 1.82. The summed E-state index contributed by atoms with van der Waals surface area (Å²) in [7, 11) is 0. The lowest BCUT2D eigenvalue weighted by molar-refractivity contribution is -0.111. The number of benzene rings is 1. The summed E-state index contributed by atoms with van der Waals surface area (Å²) in [6.07, 6.45) is 7.33. The lowest BCUT2D eigenvalue weighted by Crippen LogP contribution is -2.16. The summed E-state index contributed by atoms with van der Waals surface area (Å²) in [6, 6.07) is 7.96. The van der Waals surface area contributed by atoms with Gasteiger partial charge < -0.3 is 10.1 Å². The molecule has 3 rings (SSSR count). The Kier molecular flexibility index (Phi) is 6.68. The fourth-order valence-corrected chi connectivity index (χ4v) is 4.87. The molecular formula is C23H27NO3S. The van der Waals surface area contributed by atoms with Crippen molar-refractivity contribution in [2.75, 3.05) is 11.9 Å². The number of thiophene rings is 1. The molecule has 28 heavy (non-hydrogen) atoms. The third kappa shape index (κ3) is 4.71. The topological polar surface area (TPSA) is 55.4 Å². The molecule has 1 aromatic carbocycles. The number of fused-ring (bicyclic) bond motifs is 1. The second kappa shape index (κ2) is 9.20. The van der Waals surface area contributed by atoms with E-state index in [1.54, 1.807) is 13.0 Å². The van der Waals surface area contributed by atoms with E-state index in [9.17, 15) is 9.59 Å². The van der Waals surface area contributed by atoms with E-state index in [-0.39, 0.29) is 11.9 Å². The number of anilines is 1. The fraction of sp³-hybridized carbons (Fsp3) is 0.391. The maximum Gasteiger partial charge on any atom is 0.341 e. The first kappa shape index (κ1) is 20.3. The molecule has 0 radical (unpaired) electrons. The minimum atomic E-state index is -0.340. The highest BCUT2D eigenvalue weighted by atomic mass is 32.1. The van der Waals surface area contributed by atoms with Crippen molar-refractivity contribution in [1.29, 1.82) is 0 Å². The lowest BCUT2D eigenvalue weighted by Gasteiger charge is -2.20. The van der Waals surface area contributed by atoms with Crippen LogP contribution in [0.25, 0.3) is 6.08 Å². The van der Waals surface area contributed by atoms with Crippen molar-refractivity contribution in [3.63, 3.8) is 0 Å². The molecule has 4 nitrogen and oxygen atoms in total. The van der Waals surface area contributed by atoms with Crippen molar-refractivity contribution in [3.8, 4) is 0 Å². The first-order chi connectivity index (χ1) is 13.5. The molecule has 1 aliphatic carbocycles. The first-order valence-electron chi connectivity index (χ1n) is 9.89. The predicted octanol–water partition coefficient (Wildman–Crippen LogP) is 5.40. The van der Waals surface area contributed by atoms with E-state index in [1.165, 1.54) is 27.9 Å². The van der Waals surface area contributed by atoms with E-state index in [2.05, 4.69) is 12.2 Å². The summed E-state index contributed by atoms with van der Waals surface area (Å²) in [5.41, 5.74) is 3.75. The molecule has 0 saturated heterocycles. The van der Waals surface area contributed by atoms with Crippen LogP contribution in [0.1, 0.15) is 58.6 Å². The van der Waals surface area contributed by atoms with Crippen molar-refractivity contribution >= 4 is 34.3 Å². The number of nitrogens with one attached hydrogen (secondary N) is 1. The highest BCUT2D eigenvalue weighted by Crippen LogP contribution is 2.40. The SMILES string of the molecule is CCOC(=O)c1c(NC(=O)/C=C/c2ccc(C)cc2)sc2c1CC[C@H](CC)C2. The van der Waals surface area contributed by atoms with Gasteiger partial charge in [-0.1, -0.05) is 43.2 Å². The summed E-state index contributed by atoms with van der Waals surface area (Å²) in [5, 5.41) is 3.52. The molecule has 5 heteroatoms. The standard InChI is InChI=1S/C23H27NO3S/c1-4-16-10-12-18-19(14-16)28-22(21(18)23(26)27-5-2)24-20(25)13-11-17-8-6-15(3)7-9-17/h6-9,11,13,16H,4-5,10,12,14H2,1-3H3,(H,24,25)/b13-11+/t16-/m0/s1. The maximum absolute atomic E-state index is 12.6. The molecule has 0 aliphatic heterocycles. The summed E-state index contributed by atoms with van der Waals surface area (Å²) in [6.45, 7) is 6.35. The Labute approximate surface area is 170 Å². The van der Waals surface area contributed by atoms with Crippen molar-refractivity contribution in [1.82, 2.24) is 0 Å². The monoisotopic (exact) mass is 397 g/mol. The Morgan fingerprint density at radius 1 is 1.25 bits per heavy atom. The van der Waals surface area contributed by atoms with Gasteiger partial charge in [0.2, 0.25) is 5.91 Å². The highest BCUT2D eigenvalue weighted by Gasteiger charge is 2.29. The van der Waals surface area contributed by atoms with Gasteiger partial charge in [0.1, 0.15) is 5.00 Å². The van der Waals surface area contributed by atoms with Crippen LogP contribution in [-0.4, -0.2) is 18.5 Å². The van der Waals surface area contributed by atoms with Gasteiger partial charge in [-0.15, -0.1) is 11.3 Å². The maximum atomic E-state index is 12.6. The van der Waals surface area contributed by atoms with Crippen molar-refractivity contribution < 1.29 is 14.3 Å². The smallest absolute Gasteiger partial charge is 0.341 e. The average molecular weight is 398 g/mol. The van der Waals surface area contributed by atoms with E-state index >= 15 is 0 Å². The molecule has 148 valence electrons. The number of aryl methyl sites for hydroxylation is 1. The number of amides is 1. The zero-order chi connectivity index (χ0) is 20.1. The summed E-state index contributed by atoms with van der Waals surface area (Å²) >= 11 is 1.52. The highest BCUT2D eigenvalue weighted by molar-refractivity contribution is 7.17. The fourth-order valence-electron chi connectivity index (χ4n) is 3.51. The summed E-state index contributed by atoms with van der Waals surface area (Å²) in [4.78, 5) is 26.2. The third-order valence-corrected chi connectivity index (χ3v) is 6.34. The molecule has 1 heterocycles. The molecule has 1 aromatic heterocycles. The minimum Gasteiger partial charge on any atom is -0.462 e. The van der Waals surface area contributed by atoms with Gasteiger partial charge >= 0.3 is 5.97 Å². The Morgan fingerprint density at radius 2 is 2.00 bits per heavy atom. The normalized spacial score (nSPS) is 16.0. The van der Waals surface area contributed by atoms with E-state index in [1.807, 2.05) is 31.2 Å². The van der Waals surface area contributed by atoms with Gasteiger partial charge in [-0.25, -0.2) is 4.79 Å². The van der Waals surface area contributed by atoms with Crippen LogP contribution in [0.3, 0.4) is 0 Å². The van der Waals surface area contributed by atoms with Crippen LogP contribution in [0.5, 0.6) is 0 Å². The van der Waals surface area contributed by atoms with Crippen LogP contribution < -0.4 is 5.32 Å². The molecule has 0 saturated carbocycles. The first-order valence-corrected chi connectivity index (χ1v) is 10.7. The van der Waals surface area contributed by atoms with Crippen LogP contribution in [0.15, 0.2) is 30.3 Å². The van der Waals surface area contributed by atoms with Gasteiger partial charge in [-0.05, 0) is 56.2 Å².